The van der Waals surface area contributed by atoms with Gasteiger partial charge >= 0.3 is 0 Å². The van der Waals surface area contributed by atoms with Crippen LogP contribution in [0.2, 0.25) is 0 Å². The van der Waals surface area contributed by atoms with Crippen LogP contribution in [0.5, 0.6) is 0 Å². The van der Waals surface area contributed by atoms with E-state index in [1.807, 2.05) is 30.3 Å². The van der Waals surface area contributed by atoms with Gasteiger partial charge in [-0.3, -0.25) is 9.78 Å². The first kappa shape index (κ1) is 17.6. The first-order chi connectivity index (χ1) is 12.3. The molecule has 0 spiro atoms. The molecular formula is C21H27N3O. The number of rotatable bonds is 7. The molecule has 0 radical (unpaired) electrons. The highest BCUT2D eigenvalue weighted by atomic mass is 16.1. The van der Waals surface area contributed by atoms with Crippen LogP contribution in [0.15, 0.2) is 54.9 Å². The van der Waals surface area contributed by atoms with Crippen molar-refractivity contribution in [1.29, 1.82) is 0 Å². The molecule has 4 heteroatoms. The molecule has 0 bridgehead atoms. The molecule has 25 heavy (non-hydrogen) atoms. The number of hydrogen-bond donors (Lipinski definition) is 1. The van der Waals surface area contributed by atoms with Gasteiger partial charge in [-0.05, 0) is 62.2 Å². The summed E-state index contributed by atoms with van der Waals surface area (Å²) in [5, 5.41) is 3.20. The molecule has 1 unspecified atom stereocenters. The van der Waals surface area contributed by atoms with Gasteiger partial charge in [0.05, 0.1) is 6.04 Å². The number of pyridine rings is 1. The van der Waals surface area contributed by atoms with E-state index in [9.17, 15) is 4.79 Å². The lowest BCUT2D eigenvalue weighted by atomic mass is 9.99. The number of amides is 1. The summed E-state index contributed by atoms with van der Waals surface area (Å²) in [6.45, 7) is 3.40. The number of nitrogens with zero attached hydrogens (tertiary/aromatic N) is 2. The monoisotopic (exact) mass is 337 g/mol. The lowest BCUT2D eigenvalue weighted by Crippen LogP contribution is -2.33. The third-order valence-corrected chi connectivity index (χ3v) is 4.80. The Morgan fingerprint density at radius 3 is 2.40 bits per heavy atom. The van der Waals surface area contributed by atoms with Crippen LogP contribution < -0.4 is 5.32 Å². The number of carbonyl (C=O) groups is 1. The van der Waals surface area contributed by atoms with E-state index in [0.717, 1.165) is 24.1 Å². The number of likely N-dealkylation sites (tertiary alicyclic amines) is 1. The van der Waals surface area contributed by atoms with Crippen LogP contribution in [0, 0.1) is 0 Å². The van der Waals surface area contributed by atoms with E-state index in [1.165, 1.54) is 32.4 Å². The highest BCUT2D eigenvalue weighted by Gasteiger charge is 2.17. The Balaban J connectivity index is 1.57. The van der Waals surface area contributed by atoms with E-state index in [4.69, 9.17) is 0 Å². The predicted octanol–water partition coefficient (Wildman–Crippen LogP) is 3.55. The molecule has 1 atom stereocenters. The number of nitrogens with one attached hydrogen (secondary N) is 1. The van der Waals surface area contributed by atoms with Gasteiger partial charge in [0.2, 0.25) is 5.91 Å². The Morgan fingerprint density at radius 1 is 1.00 bits per heavy atom. The molecular weight excluding hydrogens is 310 g/mol. The van der Waals surface area contributed by atoms with Gasteiger partial charge in [0.1, 0.15) is 0 Å². The summed E-state index contributed by atoms with van der Waals surface area (Å²) in [5.41, 5.74) is 2.16. The average Bonchev–Trinajstić information content (AvgIpc) is 2.68. The van der Waals surface area contributed by atoms with Crippen LogP contribution in [0.3, 0.4) is 0 Å². The third-order valence-electron chi connectivity index (χ3n) is 4.80. The fraction of sp³-hybridized carbons (Fsp3) is 0.429. The zero-order chi connectivity index (χ0) is 17.3. The molecule has 2 heterocycles. The Kier molecular flexibility index (Phi) is 6.57. The smallest absolute Gasteiger partial charge is 0.220 e. The van der Waals surface area contributed by atoms with Crippen molar-refractivity contribution in [2.45, 2.75) is 38.1 Å². The summed E-state index contributed by atoms with van der Waals surface area (Å²) in [6.07, 6.45) is 8.98. The minimum absolute atomic E-state index is 0.114. The van der Waals surface area contributed by atoms with Gasteiger partial charge in [0.15, 0.2) is 0 Å². The Morgan fingerprint density at radius 2 is 1.68 bits per heavy atom. The fourth-order valence-corrected chi connectivity index (χ4v) is 3.44. The zero-order valence-electron chi connectivity index (χ0n) is 14.7. The maximum Gasteiger partial charge on any atom is 0.220 e. The van der Waals surface area contributed by atoms with Crippen molar-refractivity contribution in [3.63, 3.8) is 0 Å². The van der Waals surface area contributed by atoms with Crippen molar-refractivity contribution < 1.29 is 4.79 Å². The van der Waals surface area contributed by atoms with Crippen LogP contribution >= 0.6 is 0 Å². The topological polar surface area (TPSA) is 45.2 Å². The van der Waals surface area contributed by atoms with Crippen molar-refractivity contribution >= 4 is 5.91 Å². The maximum absolute atomic E-state index is 12.5. The second kappa shape index (κ2) is 9.33. The van der Waals surface area contributed by atoms with Gasteiger partial charge < -0.3 is 10.2 Å². The third kappa shape index (κ3) is 5.40. The minimum atomic E-state index is -0.119. The normalized spacial score (nSPS) is 16.3. The van der Waals surface area contributed by atoms with Gasteiger partial charge in [0, 0.05) is 18.8 Å². The Labute approximate surface area is 150 Å². The minimum Gasteiger partial charge on any atom is -0.345 e. The first-order valence-corrected chi connectivity index (χ1v) is 9.29. The quantitative estimate of drug-likeness (QED) is 0.840. The molecule has 1 aromatic heterocycles. The second-order valence-corrected chi connectivity index (χ2v) is 6.70. The number of hydrogen-bond acceptors (Lipinski definition) is 3. The molecule has 2 aromatic rings. The number of piperidine rings is 1. The van der Waals surface area contributed by atoms with E-state index in [1.54, 1.807) is 12.4 Å². The van der Waals surface area contributed by atoms with Crippen molar-refractivity contribution in [3.05, 3.63) is 66.0 Å². The summed E-state index contributed by atoms with van der Waals surface area (Å²) in [6, 6.07) is 13.9. The van der Waals surface area contributed by atoms with E-state index in [2.05, 4.69) is 27.3 Å². The molecule has 1 aliphatic heterocycles. The largest absolute Gasteiger partial charge is 0.345 e. The SMILES string of the molecule is O=C(CCCN1CCCCC1)NC(c1ccccc1)c1ccncc1. The predicted molar refractivity (Wildman–Crippen MR) is 100 cm³/mol. The summed E-state index contributed by atoms with van der Waals surface area (Å²) in [4.78, 5) is 19.1. The molecule has 1 fully saturated rings. The van der Waals surface area contributed by atoms with E-state index in [-0.39, 0.29) is 11.9 Å². The molecule has 4 nitrogen and oxygen atoms in total. The van der Waals surface area contributed by atoms with E-state index in [0.29, 0.717) is 6.42 Å². The average molecular weight is 337 g/mol. The number of aromatic nitrogens is 1. The Hall–Kier alpha value is -2.20. The summed E-state index contributed by atoms with van der Waals surface area (Å²) < 4.78 is 0. The van der Waals surface area contributed by atoms with Crippen LogP contribution in [-0.4, -0.2) is 35.4 Å². The van der Waals surface area contributed by atoms with Gasteiger partial charge in [-0.2, -0.15) is 0 Å². The lowest BCUT2D eigenvalue weighted by Gasteiger charge is -2.26. The molecule has 1 amide bonds. The molecule has 0 aliphatic carbocycles. The van der Waals surface area contributed by atoms with Gasteiger partial charge in [-0.15, -0.1) is 0 Å². The molecule has 0 saturated carbocycles. The summed E-state index contributed by atoms with van der Waals surface area (Å²) >= 11 is 0. The van der Waals surface area contributed by atoms with Crippen molar-refractivity contribution in [3.8, 4) is 0 Å². The van der Waals surface area contributed by atoms with Crippen molar-refractivity contribution in [1.82, 2.24) is 15.2 Å². The van der Waals surface area contributed by atoms with E-state index < -0.39 is 0 Å². The highest BCUT2D eigenvalue weighted by molar-refractivity contribution is 5.77. The van der Waals surface area contributed by atoms with E-state index >= 15 is 0 Å². The maximum atomic E-state index is 12.5. The Bertz CT molecular complexity index is 599. The molecule has 1 N–H and O–H groups in total. The highest BCUT2D eigenvalue weighted by Crippen LogP contribution is 2.21. The molecule has 1 aliphatic rings. The van der Waals surface area contributed by atoms with Crippen LogP contribution in [-0.2, 0) is 4.79 Å². The summed E-state index contributed by atoms with van der Waals surface area (Å²) in [5.74, 6) is 0.114. The molecule has 3 rings (SSSR count). The second-order valence-electron chi connectivity index (χ2n) is 6.70. The summed E-state index contributed by atoms with van der Waals surface area (Å²) in [7, 11) is 0. The van der Waals surface area contributed by atoms with Gasteiger partial charge in [0.25, 0.3) is 0 Å². The van der Waals surface area contributed by atoms with Gasteiger partial charge in [-0.25, -0.2) is 0 Å². The first-order valence-electron chi connectivity index (χ1n) is 9.29. The number of carbonyl (C=O) groups excluding carboxylic acids is 1. The van der Waals surface area contributed by atoms with Crippen LogP contribution in [0.1, 0.15) is 49.3 Å². The molecule has 1 saturated heterocycles. The molecule has 132 valence electrons. The van der Waals surface area contributed by atoms with Gasteiger partial charge in [-0.1, -0.05) is 36.8 Å². The number of benzene rings is 1. The molecule has 1 aromatic carbocycles. The van der Waals surface area contributed by atoms with Crippen LogP contribution in [0.4, 0.5) is 0 Å². The van der Waals surface area contributed by atoms with Crippen molar-refractivity contribution in [2.75, 3.05) is 19.6 Å². The van der Waals surface area contributed by atoms with Crippen molar-refractivity contribution in [2.24, 2.45) is 0 Å². The zero-order valence-corrected chi connectivity index (χ0v) is 14.7. The lowest BCUT2D eigenvalue weighted by molar-refractivity contribution is -0.121. The fourth-order valence-electron chi connectivity index (χ4n) is 3.44. The standard InChI is InChI=1S/C21H27N3O/c25-20(10-7-17-24-15-5-2-6-16-24)23-21(18-8-3-1-4-9-18)19-11-13-22-14-12-19/h1,3-4,8-9,11-14,21H,2,5-7,10,15-17H2,(H,23,25). The van der Waals surface area contributed by atoms with Crippen LogP contribution in [0.25, 0.3) is 0 Å².